The first-order valence-electron chi connectivity index (χ1n) is 10.6. The number of carbonyl (C=O) groups is 2. The number of halogens is 6. The molecule has 9 nitrogen and oxygen atoms in total. The zero-order valence-electron chi connectivity index (χ0n) is 19.4. The van der Waals surface area contributed by atoms with Gasteiger partial charge in [0.2, 0.25) is 5.95 Å². The number of anilines is 2. The van der Waals surface area contributed by atoms with Gasteiger partial charge in [0.15, 0.2) is 0 Å². The minimum absolute atomic E-state index is 0.457. The number of aromatic nitrogens is 2. The van der Waals surface area contributed by atoms with E-state index in [0.717, 1.165) is 42.1 Å². The van der Waals surface area contributed by atoms with Crippen molar-refractivity contribution < 1.29 is 46.1 Å². The summed E-state index contributed by atoms with van der Waals surface area (Å²) in [6.45, 7) is 0.809. The Balaban J connectivity index is 0.000000383. The number of carboxylic acid groups (broad SMARTS) is 2. The van der Waals surface area contributed by atoms with Crippen LogP contribution in [0.3, 0.4) is 0 Å². The average molecular weight is 527 g/mol. The van der Waals surface area contributed by atoms with Gasteiger partial charge in [0.05, 0.1) is 5.52 Å². The summed E-state index contributed by atoms with van der Waals surface area (Å²) in [6, 6.07) is 8.62. The molecule has 36 heavy (non-hydrogen) atoms. The number of alkyl halides is 6. The lowest BCUT2D eigenvalue weighted by Crippen LogP contribution is -2.30. The van der Waals surface area contributed by atoms with Gasteiger partial charge in [0, 0.05) is 25.5 Å². The molecule has 0 amide bonds. The second kappa shape index (κ2) is 13.1. The lowest BCUT2D eigenvalue weighted by Gasteiger charge is -2.28. The third-order valence-electron chi connectivity index (χ3n) is 5.01. The van der Waals surface area contributed by atoms with Crippen molar-refractivity contribution in [3.63, 3.8) is 0 Å². The summed E-state index contributed by atoms with van der Waals surface area (Å²) in [7, 11) is 4.04. The molecule has 1 aromatic heterocycles. The van der Waals surface area contributed by atoms with Crippen molar-refractivity contribution in [3.05, 3.63) is 24.3 Å². The van der Waals surface area contributed by atoms with Crippen LogP contribution < -0.4 is 16.0 Å². The summed E-state index contributed by atoms with van der Waals surface area (Å²) in [5, 5.41) is 18.9. The van der Waals surface area contributed by atoms with Gasteiger partial charge in [0.1, 0.15) is 5.82 Å². The zero-order valence-corrected chi connectivity index (χ0v) is 19.4. The fraction of sp³-hybridized carbons (Fsp3) is 0.524. The van der Waals surface area contributed by atoms with E-state index >= 15 is 0 Å². The highest BCUT2D eigenvalue weighted by Crippen LogP contribution is 2.27. The maximum absolute atomic E-state index is 10.6. The quantitative estimate of drug-likeness (QED) is 0.436. The summed E-state index contributed by atoms with van der Waals surface area (Å²) >= 11 is 0. The maximum Gasteiger partial charge on any atom is 0.490 e. The van der Waals surface area contributed by atoms with Crippen LogP contribution >= 0.6 is 0 Å². The van der Waals surface area contributed by atoms with Crippen molar-refractivity contribution in [1.29, 1.82) is 0 Å². The molecule has 15 heteroatoms. The second-order valence-electron chi connectivity index (χ2n) is 7.99. The zero-order chi connectivity index (χ0) is 27.7. The van der Waals surface area contributed by atoms with E-state index in [4.69, 9.17) is 30.5 Å². The van der Waals surface area contributed by atoms with E-state index in [1.165, 1.54) is 12.8 Å². The summed E-state index contributed by atoms with van der Waals surface area (Å²) in [6.07, 6.45) is -5.48. The minimum atomic E-state index is -5.08. The molecule has 0 atom stereocenters. The van der Waals surface area contributed by atoms with Gasteiger partial charge >= 0.3 is 24.3 Å². The molecule has 0 radical (unpaired) electrons. The largest absolute Gasteiger partial charge is 0.490 e. The number of rotatable bonds is 4. The second-order valence-corrected chi connectivity index (χ2v) is 7.99. The van der Waals surface area contributed by atoms with Crippen LogP contribution in [0.5, 0.6) is 0 Å². The molecule has 0 spiro atoms. The molecular formula is C21H27F6N5O4. The number of nitrogens with zero attached hydrogens (tertiary/aromatic N) is 3. The van der Waals surface area contributed by atoms with E-state index in [0.29, 0.717) is 12.0 Å². The van der Waals surface area contributed by atoms with Crippen LogP contribution in [-0.4, -0.2) is 71.2 Å². The highest BCUT2D eigenvalue weighted by atomic mass is 19.4. The van der Waals surface area contributed by atoms with Crippen molar-refractivity contribution in [3.8, 4) is 0 Å². The number of hydrogen-bond donors (Lipinski definition) is 4. The monoisotopic (exact) mass is 527 g/mol. The number of nitrogens with two attached hydrogens (primary N) is 1. The molecular weight excluding hydrogens is 500 g/mol. The van der Waals surface area contributed by atoms with E-state index in [-0.39, 0.29) is 0 Å². The molecule has 3 rings (SSSR count). The van der Waals surface area contributed by atoms with E-state index < -0.39 is 24.3 Å². The van der Waals surface area contributed by atoms with E-state index in [1.54, 1.807) is 0 Å². The standard InChI is InChI=1S/C17H25N5.2C2HF3O2/c1-22(2)16-14-5-3-4-6-15(14)20-17(21-16)19-13-9-7-12(11-18)8-10-13;2*3-2(4,5)1(6)7/h3-6,12-13H,7-11,18H2,1-2H3,(H,19,20,21);2*(H,6,7)/t12-,13-;;. The number of benzene rings is 1. The van der Waals surface area contributed by atoms with Crippen LogP contribution in [0.15, 0.2) is 24.3 Å². The van der Waals surface area contributed by atoms with E-state index in [2.05, 4.69) is 16.4 Å². The first-order chi connectivity index (χ1) is 16.6. The van der Waals surface area contributed by atoms with Crippen LogP contribution in [0, 0.1) is 5.92 Å². The third kappa shape index (κ3) is 10.1. The molecule has 0 aliphatic heterocycles. The van der Waals surface area contributed by atoms with Gasteiger partial charge in [-0.05, 0) is 50.3 Å². The molecule has 1 saturated carbocycles. The van der Waals surface area contributed by atoms with Crippen LogP contribution in [0.2, 0.25) is 0 Å². The Labute approximate surface area is 202 Å². The smallest absolute Gasteiger partial charge is 0.475 e. The first-order valence-corrected chi connectivity index (χ1v) is 10.6. The van der Waals surface area contributed by atoms with Gasteiger partial charge < -0.3 is 26.2 Å². The topological polar surface area (TPSA) is 142 Å². The fourth-order valence-corrected chi connectivity index (χ4v) is 3.19. The molecule has 202 valence electrons. The molecule has 2 aromatic rings. The fourth-order valence-electron chi connectivity index (χ4n) is 3.19. The van der Waals surface area contributed by atoms with Crippen molar-refractivity contribution in [2.24, 2.45) is 11.7 Å². The van der Waals surface area contributed by atoms with Crippen molar-refractivity contribution in [2.75, 3.05) is 30.9 Å². The van der Waals surface area contributed by atoms with E-state index in [9.17, 15) is 26.3 Å². The minimum Gasteiger partial charge on any atom is -0.475 e. The Morgan fingerprint density at radius 3 is 1.86 bits per heavy atom. The van der Waals surface area contributed by atoms with Gasteiger partial charge in [-0.25, -0.2) is 14.6 Å². The Hall–Kier alpha value is -3.36. The first kappa shape index (κ1) is 30.7. The maximum atomic E-state index is 10.6. The van der Waals surface area contributed by atoms with Crippen LogP contribution in [0.25, 0.3) is 10.9 Å². The average Bonchev–Trinajstić information content (AvgIpc) is 2.78. The normalized spacial score (nSPS) is 17.7. The van der Waals surface area contributed by atoms with E-state index in [1.807, 2.05) is 37.2 Å². The SMILES string of the molecule is CN(C)c1nc(N[C@H]2CC[C@H](CN)CC2)nc2ccccc12.O=C(O)C(F)(F)F.O=C(O)C(F)(F)F. The summed E-state index contributed by atoms with van der Waals surface area (Å²) in [4.78, 5) is 29.2. The third-order valence-corrected chi connectivity index (χ3v) is 5.01. The lowest BCUT2D eigenvalue weighted by atomic mass is 9.86. The number of fused-ring (bicyclic) bond motifs is 1. The molecule has 1 aliphatic rings. The number of aliphatic carboxylic acids is 2. The Bertz CT molecular complexity index is 984. The molecule has 1 aliphatic carbocycles. The molecule has 5 N–H and O–H groups in total. The van der Waals surface area contributed by atoms with Crippen molar-refractivity contribution >= 4 is 34.6 Å². The van der Waals surface area contributed by atoms with Crippen LogP contribution in [0.1, 0.15) is 25.7 Å². The van der Waals surface area contributed by atoms with Gasteiger partial charge in [-0.1, -0.05) is 12.1 Å². The van der Waals surface area contributed by atoms with Crippen LogP contribution in [0.4, 0.5) is 38.1 Å². The van der Waals surface area contributed by atoms with Gasteiger partial charge in [0.25, 0.3) is 0 Å². The summed E-state index contributed by atoms with van der Waals surface area (Å²) in [5.41, 5.74) is 6.75. The highest BCUT2D eigenvalue weighted by molar-refractivity contribution is 5.90. The molecule has 1 heterocycles. The number of carboxylic acids is 2. The number of hydrogen-bond acceptors (Lipinski definition) is 7. The Morgan fingerprint density at radius 1 is 0.972 bits per heavy atom. The summed E-state index contributed by atoms with van der Waals surface area (Å²) in [5.74, 6) is -3.13. The van der Waals surface area contributed by atoms with Gasteiger partial charge in [-0.15, -0.1) is 0 Å². The predicted octanol–water partition coefficient (Wildman–Crippen LogP) is 3.89. The highest BCUT2D eigenvalue weighted by Gasteiger charge is 2.38. The predicted molar refractivity (Wildman–Crippen MR) is 120 cm³/mol. The number of nitrogens with one attached hydrogen (secondary N) is 1. The summed E-state index contributed by atoms with van der Waals surface area (Å²) < 4.78 is 63.5. The molecule has 0 saturated heterocycles. The molecule has 1 fully saturated rings. The lowest BCUT2D eigenvalue weighted by molar-refractivity contribution is -0.193. The van der Waals surface area contributed by atoms with Crippen molar-refractivity contribution in [1.82, 2.24) is 9.97 Å². The van der Waals surface area contributed by atoms with Crippen molar-refractivity contribution in [2.45, 2.75) is 44.1 Å². The van der Waals surface area contributed by atoms with Gasteiger partial charge in [-0.2, -0.15) is 31.3 Å². The molecule has 0 bridgehead atoms. The Morgan fingerprint density at radius 2 is 1.44 bits per heavy atom. The van der Waals surface area contributed by atoms with Gasteiger partial charge in [-0.3, -0.25) is 0 Å². The number of para-hydroxylation sites is 1. The molecule has 1 aromatic carbocycles. The van der Waals surface area contributed by atoms with Crippen LogP contribution in [-0.2, 0) is 9.59 Å². The molecule has 0 unspecified atom stereocenters. The Kier molecular flexibility index (Phi) is 11.2.